The van der Waals surface area contributed by atoms with Crippen LogP contribution >= 0.6 is 0 Å². The average molecular weight is 371 g/mol. The van der Waals surface area contributed by atoms with Gasteiger partial charge in [0.2, 0.25) is 11.9 Å². The van der Waals surface area contributed by atoms with E-state index >= 15 is 0 Å². The minimum Gasteiger partial charge on any atom is -0.369 e. The fraction of sp³-hybridized carbons (Fsp3) is 0.550. The van der Waals surface area contributed by atoms with E-state index in [1.165, 1.54) is 6.42 Å². The molecule has 7 heteroatoms. The van der Waals surface area contributed by atoms with Gasteiger partial charge in [0, 0.05) is 17.8 Å². The zero-order chi connectivity index (χ0) is 19.6. The average Bonchev–Trinajstić information content (AvgIpc) is 2.61. The summed E-state index contributed by atoms with van der Waals surface area (Å²) in [5.41, 5.74) is 14.3. The molecule has 5 N–H and O–H groups in total. The van der Waals surface area contributed by atoms with E-state index in [0.717, 1.165) is 36.9 Å². The second-order valence-corrected chi connectivity index (χ2v) is 7.92. The van der Waals surface area contributed by atoms with Gasteiger partial charge in [0.25, 0.3) is 5.91 Å². The maximum atomic E-state index is 12.4. The van der Waals surface area contributed by atoms with Gasteiger partial charge in [-0.25, -0.2) is 4.99 Å². The van der Waals surface area contributed by atoms with Crippen molar-refractivity contribution >= 4 is 23.5 Å². The van der Waals surface area contributed by atoms with Gasteiger partial charge in [-0.15, -0.1) is 0 Å². The van der Waals surface area contributed by atoms with Crippen molar-refractivity contribution in [2.45, 2.75) is 58.5 Å². The number of aliphatic imine (C=N–C) groups is 2. The number of carbonyl (C=O) groups is 1. The number of carbonyl (C=O) groups excluding carboxylic acids is 1. The second kappa shape index (κ2) is 7.58. The molecule has 0 bridgehead atoms. The maximum absolute atomic E-state index is 12.4. The Hall–Kier alpha value is -2.57. The van der Waals surface area contributed by atoms with Crippen LogP contribution in [-0.2, 0) is 0 Å². The Morgan fingerprint density at radius 3 is 2.59 bits per heavy atom. The van der Waals surface area contributed by atoms with Crippen LogP contribution in [0.2, 0.25) is 0 Å². The summed E-state index contributed by atoms with van der Waals surface area (Å²) in [6, 6.07) is 5.68. The summed E-state index contributed by atoms with van der Waals surface area (Å²) in [5, 5.41) is 2.96. The van der Waals surface area contributed by atoms with Gasteiger partial charge in [-0.3, -0.25) is 9.69 Å². The molecule has 0 aromatic heterocycles. The van der Waals surface area contributed by atoms with Gasteiger partial charge in [0.05, 0.1) is 0 Å². The van der Waals surface area contributed by atoms with Crippen LogP contribution in [0.25, 0.3) is 0 Å². The summed E-state index contributed by atoms with van der Waals surface area (Å²) in [5.74, 6) is 0.957. The molecule has 146 valence electrons. The summed E-state index contributed by atoms with van der Waals surface area (Å²) in [6.07, 6.45) is 5.13. The molecule has 1 saturated carbocycles. The maximum Gasteiger partial charge on any atom is 0.251 e. The van der Waals surface area contributed by atoms with E-state index in [0.29, 0.717) is 24.0 Å². The van der Waals surface area contributed by atoms with Crippen molar-refractivity contribution in [3.05, 3.63) is 29.3 Å². The molecule has 0 radical (unpaired) electrons. The SMILES string of the molecule is Cc1cc(C(=O)NCC(C)C)ccc1N1C(N)=NC(N)=NC12CCCCC2. The van der Waals surface area contributed by atoms with Crippen molar-refractivity contribution in [3.8, 4) is 0 Å². The van der Waals surface area contributed by atoms with Gasteiger partial charge in [0.15, 0.2) is 0 Å². The lowest BCUT2D eigenvalue weighted by Crippen LogP contribution is -2.58. The Kier molecular flexibility index (Phi) is 5.39. The van der Waals surface area contributed by atoms with E-state index in [1.807, 2.05) is 30.0 Å². The standard InChI is InChI=1S/C20H30N6O/c1-13(2)12-23-17(27)15-7-8-16(14(3)11-15)26-19(22)24-18(21)25-20(26)9-5-4-6-10-20/h7-8,11,13H,4-6,9-10,12H2,1-3H3,(H,23,27)(H4,21,22,24,25). The van der Waals surface area contributed by atoms with Crippen LogP contribution in [-0.4, -0.2) is 30.0 Å². The highest BCUT2D eigenvalue weighted by atomic mass is 16.1. The molecule has 1 amide bonds. The van der Waals surface area contributed by atoms with Crippen LogP contribution in [0, 0.1) is 12.8 Å². The number of hydrogen-bond acceptors (Lipinski definition) is 6. The molecular weight excluding hydrogens is 340 g/mol. The van der Waals surface area contributed by atoms with Crippen LogP contribution in [0.1, 0.15) is 61.9 Å². The molecule has 0 unspecified atom stereocenters. The van der Waals surface area contributed by atoms with Crippen LogP contribution in [0.3, 0.4) is 0 Å². The highest BCUT2D eigenvalue weighted by molar-refractivity contribution is 6.06. The molecule has 3 rings (SSSR count). The second-order valence-electron chi connectivity index (χ2n) is 7.92. The number of benzene rings is 1. The lowest BCUT2D eigenvalue weighted by atomic mass is 9.87. The molecular formula is C20H30N6O. The first-order chi connectivity index (χ1) is 12.8. The van der Waals surface area contributed by atoms with Crippen LogP contribution in [0.15, 0.2) is 28.2 Å². The van der Waals surface area contributed by atoms with Crippen LogP contribution in [0.4, 0.5) is 5.69 Å². The van der Waals surface area contributed by atoms with E-state index in [9.17, 15) is 4.79 Å². The number of nitrogens with one attached hydrogen (secondary N) is 1. The largest absolute Gasteiger partial charge is 0.369 e. The summed E-state index contributed by atoms with van der Waals surface area (Å²) >= 11 is 0. The van der Waals surface area contributed by atoms with Crippen molar-refractivity contribution < 1.29 is 4.79 Å². The molecule has 1 aliphatic carbocycles. The molecule has 1 heterocycles. The van der Waals surface area contributed by atoms with E-state index < -0.39 is 5.66 Å². The van der Waals surface area contributed by atoms with Crippen molar-refractivity contribution in [3.63, 3.8) is 0 Å². The first-order valence-corrected chi connectivity index (χ1v) is 9.71. The number of anilines is 1. The fourth-order valence-electron chi connectivity index (χ4n) is 3.92. The molecule has 1 aliphatic heterocycles. The molecule has 2 aliphatic rings. The summed E-state index contributed by atoms with van der Waals surface area (Å²) in [4.78, 5) is 23.3. The Bertz CT molecular complexity index is 777. The topological polar surface area (TPSA) is 109 Å². The van der Waals surface area contributed by atoms with E-state index in [1.54, 1.807) is 0 Å². The van der Waals surface area contributed by atoms with Crippen molar-refractivity contribution in [1.29, 1.82) is 0 Å². The minimum atomic E-state index is -0.472. The minimum absolute atomic E-state index is 0.0618. The Morgan fingerprint density at radius 1 is 1.26 bits per heavy atom. The summed E-state index contributed by atoms with van der Waals surface area (Å²) in [7, 11) is 0. The fourth-order valence-corrected chi connectivity index (χ4v) is 3.92. The van der Waals surface area contributed by atoms with Gasteiger partial charge in [-0.05, 0) is 62.3 Å². The van der Waals surface area contributed by atoms with E-state index in [-0.39, 0.29) is 11.9 Å². The lowest BCUT2D eigenvalue weighted by Gasteiger charge is -2.46. The lowest BCUT2D eigenvalue weighted by molar-refractivity contribution is 0.0949. The third-order valence-corrected chi connectivity index (χ3v) is 5.22. The molecule has 1 aromatic carbocycles. The predicted molar refractivity (Wildman–Crippen MR) is 110 cm³/mol. The molecule has 27 heavy (non-hydrogen) atoms. The zero-order valence-electron chi connectivity index (χ0n) is 16.5. The Balaban J connectivity index is 1.92. The molecule has 0 atom stereocenters. The van der Waals surface area contributed by atoms with Crippen LogP contribution < -0.4 is 21.7 Å². The van der Waals surface area contributed by atoms with Gasteiger partial charge in [0.1, 0.15) is 5.66 Å². The first-order valence-electron chi connectivity index (χ1n) is 9.71. The van der Waals surface area contributed by atoms with Gasteiger partial charge in [-0.2, -0.15) is 4.99 Å². The van der Waals surface area contributed by atoms with Gasteiger partial charge < -0.3 is 16.8 Å². The third-order valence-electron chi connectivity index (χ3n) is 5.22. The number of rotatable bonds is 4. The number of nitrogens with zero attached hydrogens (tertiary/aromatic N) is 3. The smallest absolute Gasteiger partial charge is 0.251 e. The van der Waals surface area contributed by atoms with E-state index in [2.05, 4.69) is 24.2 Å². The number of hydrogen-bond donors (Lipinski definition) is 3. The molecule has 7 nitrogen and oxygen atoms in total. The Labute approximate surface area is 160 Å². The van der Waals surface area contributed by atoms with Crippen LogP contribution in [0.5, 0.6) is 0 Å². The van der Waals surface area contributed by atoms with Crippen molar-refractivity contribution in [2.75, 3.05) is 11.4 Å². The highest BCUT2D eigenvalue weighted by Crippen LogP contribution is 2.40. The molecule has 1 fully saturated rings. The van der Waals surface area contributed by atoms with Gasteiger partial charge in [-0.1, -0.05) is 20.3 Å². The number of amides is 1. The summed E-state index contributed by atoms with van der Waals surface area (Å²) in [6.45, 7) is 6.79. The van der Waals surface area contributed by atoms with Gasteiger partial charge >= 0.3 is 0 Å². The summed E-state index contributed by atoms with van der Waals surface area (Å²) < 4.78 is 0. The molecule has 0 saturated heterocycles. The quantitative estimate of drug-likeness (QED) is 0.756. The number of nitrogens with two attached hydrogens (primary N) is 2. The van der Waals surface area contributed by atoms with E-state index in [4.69, 9.17) is 16.5 Å². The number of aryl methyl sites for hydroxylation is 1. The van der Waals surface area contributed by atoms with Crippen molar-refractivity contribution in [2.24, 2.45) is 27.4 Å². The molecule has 1 aromatic rings. The number of guanidine groups is 2. The third kappa shape index (κ3) is 3.91. The Morgan fingerprint density at radius 2 is 1.96 bits per heavy atom. The monoisotopic (exact) mass is 370 g/mol. The van der Waals surface area contributed by atoms with Crippen molar-refractivity contribution in [1.82, 2.24) is 5.32 Å². The molecule has 1 spiro atoms. The zero-order valence-corrected chi connectivity index (χ0v) is 16.5. The highest BCUT2D eigenvalue weighted by Gasteiger charge is 2.43. The predicted octanol–water partition coefficient (Wildman–Crippen LogP) is 2.49. The first kappa shape index (κ1) is 19.2. The normalized spacial score (nSPS) is 19.0.